The van der Waals surface area contributed by atoms with E-state index >= 15 is 0 Å². The fraction of sp³-hybridized carbons (Fsp3) is 0.0952. The van der Waals surface area contributed by atoms with Crippen molar-refractivity contribution in [3.05, 3.63) is 99.5 Å². The third kappa shape index (κ3) is 5.09. The van der Waals surface area contributed by atoms with Gasteiger partial charge in [0.15, 0.2) is 0 Å². The largest absolute Gasteiger partial charge is 0.322 e. The van der Waals surface area contributed by atoms with Crippen LogP contribution in [-0.2, 0) is 12.8 Å². The number of rotatable bonds is 5. The Labute approximate surface area is 157 Å². The first-order valence-electron chi connectivity index (χ1n) is 8.00. The van der Waals surface area contributed by atoms with Crippen LogP contribution in [0.5, 0.6) is 0 Å². The Morgan fingerprint density at radius 1 is 0.760 bits per heavy atom. The van der Waals surface area contributed by atoms with E-state index in [4.69, 9.17) is 23.2 Å². The summed E-state index contributed by atoms with van der Waals surface area (Å²) in [4.78, 5) is 12.4. The number of hydrogen-bond donors (Lipinski definition) is 1. The number of amides is 1. The summed E-state index contributed by atoms with van der Waals surface area (Å²) in [7, 11) is 0. The molecule has 0 aliphatic rings. The molecule has 0 fully saturated rings. The Balaban J connectivity index is 1.67. The van der Waals surface area contributed by atoms with Crippen LogP contribution in [0.3, 0.4) is 0 Å². The summed E-state index contributed by atoms with van der Waals surface area (Å²) in [5.74, 6) is -0.232. The predicted molar refractivity (Wildman–Crippen MR) is 105 cm³/mol. The monoisotopic (exact) mass is 369 g/mol. The van der Waals surface area contributed by atoms with Crippen molar-refractivity contribution in [2.24, 2.45) is 0 Å². The van der Waals surface area contributed by atoms with Crippen molar-refractivity contribution >= 4 is 34.8 Å². The standard InChI is InChI=1S/C21H17Cl2NO/c22-18-12-17(13-19(23)14-18)21(25)24-20-8-4-7-16(11-20)10-9-15-5-2-1-3-6-15/h1-8,11-14H,9-10H2,(H,24,25). The molecular weight excluding hydrogens is 353 g/mol. The highest BCUT2D eigenvalue weighted by Crippen LogP contribution is 2.20. The van der Waals surface area contributed by atoms with Gasteiger partial charge in [-0.3, -0.25) is 4.79 Å². The highest BCUT2D eigenvalue weighted by Gasteiger charge is 2.09. The van der Waals surface area contributed by atoms with Gasteiger partial charge < -0.3 is 5.32 Å². The SMILES string of the molecule is O=C(Nc1cccc(CCc2ccccc2)c1)c1cc(Cl)cc(Cl)c1. The molecule has 0 aliphatic heterocycles. The average Bonchev–Trinajstić information content (AvgIpc) is 2.60. The first-order valence-corrected chi connectivity index (χ1v) is 8.76. The van der Waals surface area contributed by atoms with E-state index < -0.39 is 0 Å². The first-order chi connectivity index (χ1) is 12.1. The van der Waals surface area contributed by atoms with E-state index in [2.05, 4.69) is 23.5 Å². The zero-order chi connectivity index (χ0) is 17.6. The van der Waals surface area contributed by atoms with E-state index in [1.807, 2.05) is 36.4 Å². The summed E-state index contributed by atoms with van der Waals surface area (Å²) in [5, 5.41) is 3.77. The van der Waals surface area contributed by atoms with Crippen molar-refractivity contribution in [3.8, 4) is 0 Å². The minimum absolute atomic E-state index is 0.232. The van der Waals surface area contributed by atoms with Gasteiger partial charge in [0, 0.05) is 21.3 Å². The van der Waals surface area contributed by atoms with Crippen molar-refractivity contribution in [1.29, 1.82) is 0 Å². The number of halogens is 2. The molecule has 0 saturated carbocycles. The highest BCUT2D eigenvalue weighted by atomic mass is 35.5. The van der Waals surface area contributed by atoms with Crippen molar-refractivity contribution in [2.45, 2.75) is 12.8 Å². The van der Waals surface area contributed by atoms with Crippen LogP contribution >= 0.6 is 23.2 Å². The predicted octanol–water partition coefficient (Wildman–Crippen LogP) is 6.03. The third-order valence-corrected chi connectivity index (χ3v) is 4.29. The van der Waals surface area contributed by atoms with Gasteiger partial charge in [-0.25, -0.2) is 0 Å². The summed E-state index contributed by atoms with van der Waals surface area (Å²) in [5.41, 5.74) is 3.66. The second-order valence-corrected chi connectivity index (χ2v) is 6.67. The molecule has 3 aromatic rings. The van der Waals surface area contributed by atoms with Gasteiger partial charge in [-0.15, -0.1) is 0 Å². The molecule has 126 valence electrons. The zero-order valence-corrected chi connectivity index (χ0v) is 15.0. The van der Waals surface area contributed by atoms with E-state index in [-0.39, 0.29) is 5.91 Å². The lowest BCUT2D eigenvalue weighted by molar-refractivity contribution is 0.102. The second-order valence-electron chi connectivity index (χ2n) is 5.80. The Hall–Kier alpha value is -2.29. The van der Waals surface area contributed by atoms with E-state index in [1.165, 1.54) is 11.1 Å². The Bertz CT molecular complexity index is 858. The maximum atomic E-state index is 12.4. The number of carbonyl (C=O) groups excluding carboxylic acids is 1. The zero-order valence-electron chi connectivity index (χ0n) is 13.5. The molecule has 0 saturated heterocycles. The molecule has 1 N–H and O–H groups in total. The van der Waals surface area contributed by atoms with Crippen LogP contribution in [-0.4, -0.2) is 5.91 Å². The summed E-state index contributed by atoms with van der Waals surface area (Å²) in [6, 6.07) is 23.0. The van der Waals surface area contributed by atoms with Gasteiger partial charge >= 0.3 is 0 Å². The van der Waals surface area contributed by atoms with Crippen LogP contribution in [0.15, 0.2) is 72.8 Å². The molecule has 0 aliphatic carbocycles. The van der Waals surface area contributed by atoms with Crippen molar-refractivity contribution < 1.29 is 4.79 Å². The Morgan fingerprint density at radius 2 is 1.40 bits per heavy atom. The molecule has 0 heterocycles. The molecule has 4 heteroatoms. The number of benzene rings is 3. The number of hydrogen-bond acceptors (Lipinski definition) is 1. The maximum absolute atomic E-state index is 12.4. The van der Waals surface area contributed by atoms with E-state index in [0.29, 0.717) is 15.6 Å². The van der Waals surface area contributed by atoms with Crippen LogP contribution in [0.2, 0.25) is 10.0 Å². The molecule has 2 nitrogen and oxygen atoms in total. The number of aryl methyl sites for hydroxylation is 2. The normalized spacial score (nSPS) is 10.5. The van der Waals surface area contributed by atoms with Gasteiger partial charge in [-0.05, 0) is 54.3 Å². The molecule has 3 rings (SSSR count). The third-order valence-electron chi connectivity index (χ3n) is 3.85. The summed E-state index contributed by atoms with van der Waals surface area (Å²) in [6.07, 6.45) is 1.87. The van der Waals surface area contributed by atoms with Gasteiger partial charge in [0.05, 0.1) is 0 Å². The molecule has 3 aromatic carbocycles. The lowest BCUT2D eigenvalue weighted by Gasteiger charge is -2.08. The lowest BCUT2D eigenvalue weighted by Crippen LogP contribution is -2.12. The molecule has 0 aromatic heterocycles. The fourth-order valence-corrected chi connectivity index (χ4v) is 3.15. The molecular formula is C21H17Cl2NO. The van der Waals surface area contributed by atoms with Crippen LogP contribution in [0.1, 0.15) is 21.5 Å². The smallest absolute Gasteiger partial charge is 0.255 e. The van der Waals surface area contributed by atoms with Gasteiger partial charge in [-0.2, -0.15) is 0 Å². The first kappa shape index (κ1) is 17.5. The van der Waals surface area contributed by atoms with Gasteiger partial charge in [-0.1, -0.05) is 65.7 Å². The molecule has 0 spiro atoms. The van der Waals surface area contributed by atoms with Gasteiger partial charge in [0.25, 0.3) is 5.91 Å². The van der Waals surface area contributed by atoms with Crippen LogP contribution < -0.4 is 5.32 Å². The van der Waals surface area contributed by atoms with Crippen LogP contribution in [0, 0.1) is 0 Å². The highest BCUT2D eigenvalue weighted by molar-refractivity contribution is 6.35. The molecule has 0 bridgehead atoms. The summed E-state index contributed by atoms with van der Waals surface area (Å²) < 4.78 is 0. The maximum Gasteiger partial charge on any atom is 0.255 e. The van der Waals surface area contributed by atoms with Gasteiger partial charge in [0.1, 0.15) is 0 Å². The van der Waals surface area contributed by atoms with Crippen molar-refractivity contribution in [2.75, 3.05) is 5.32 Å². The lowest BCUT2D eigenvalue weighted by atomic mass is 10.0. The molecule has 25 heavy (non-hydrogen) atoms. The molecule has 1 amide bonds. The van der Waals surface area contributed by atoms with Crippen molar-refractivity contribution in [3.63, 3.8) is 0 Å². The Morgan fingerprint density at radius 3 is 2.12 bits per heavy atom. The molecule has 0 radical (unpaired) electrons. The van der Waals surface area contributed by atoms with Gasteiger partial charge in [0.2, 0.25) is 0 Å². The second kappa shape index (κ2) is 8.19. The summed E-state index contributed by atoms with van der Waals surface area (Å²) >= 11 is 11.9. The van der Waals surface area contributed by atoms with E-state index in [1.54, 1.807) is 18.2 Å². The number of anilines is 1. The van der Waals surface area contributed by atoms with E-state index in [9.17, 15) is 4.79 Å². The average molecular weight is 370 g/mol. The number of nitrogens with one attached hydrogen (secondary N) is 1. The Kier molecular flexibility index (Phi) is 5.75. The van der Waals surface area contributed by atoms with Crippen molar-refractivity contribution in [1.82, 2.24) is 0 Å². The van der Waals surface area contributed by atoms with Crippen LogP contribution in [0.25, 0.3) is 0 Å². The molecule has 0 unspecified atom stereocenters. The van der Waals surface area contributed by atoms with Crippen LogP contribution in [0.4, 0.5) is 5.69 Å². The minimum Gasteiger partial charge on any atom is -0.322 e. The molecule has 0 atom stereocenters. The number of carbonyl (C=O) groups is 1. The quantitative estimate of drug-likeness (QED) is 0.584. The van der Waals surface area contributed by atoms with E-state index in [0.717, 1.165) is 18.5 Å². The topological polar surface area (TPSA) is 29.1 Å². The summed E-state index contributed by atoms with van der Waals surface area (Å²) in [6.45, 7) is 0. The fourth-order valence-electron chi connectivity index (χ4n) is 2.63. The minimum atomic E-state index is -0.232.